The zero-order valence-electron chi connectivity index (χ0n) is 16.5. The van der Waals surface area contributed by atoms with Crippen molar-refractivity contribution >= 4 is 40.6 Å². The number of nitroso groups, excluding NO2 is 1. The van der Waals surface area contributed by atoms with Crippen LogP contribution in [0.2, 0.25) is 5.02 Å². The Morgan fingerprint density at radius 3 is 2.76 bits per heavy atom. The maximum atomic E-state index is 13.3. The summed E-state index contributed by atoms with van der Waals surface area (Å²) in [6.07, 6.45) is 1.31. The Hall–Kier alpha value is -4.13. The van der Waals surface area contributed by atoms with Crippen molar-refractivity contribution in [3.63, 3.8) is 0 Å². The van der Waals surface area contributed by atoms with Crippen LogP contribution in [0.4, 0.5) is 26.0 Å². The molecule has 1 aliphatic heterocycles. The zero-order valence-corrected chi connectivity index (χ0v) is 17.2. The average Bonchev–Trinajstić information content (AvgIpc) is 3.20. The Kier molecular flexibility index (Phi) is 5.87. The fourth-order valence-electron chi connectivity index (χ4n) is 3.23. The van der Waals surface area contributed by atoms with Crippen LogP contribution in [0.1, 0.15) is 27.0 Å². The molecule has 0 bridgehead atoms. The molecule has 2 amide bonds. The Morgan fingerprint density at radius 1 is 1.30 bits per heavy atom. The van der Waals surface area contributed by atoms with Crippen LogP contribution in [-0.2, 0) is 0 Å². The van der Waals surface area contributed by atoms with E-state index in [2.05, 4.69) is 25.3 Å². The van der Waals surface area contributed by atoms with Crippen LogP contribution in [0.15, 0.2) is 47.9 Å². The number of rotatable bonds is 6. The summed E-state index contributed by atoms with van der Waals surface area (Å²) in [5.41, 5.74) is 5.69. The molecule has 11 nitrogen and oxygen atoms in total. The number of nitrogens with zero attached hydrogens (tertiary/aromatic N) is 5. The number of anilines is 3. The molecule has 1 aliphatic rings. The van der Waals surface area contributed by atoms with Crippen LogP contribution < -0.4 is 20.7 Å². The van der Waals surface area contributed by atoms with Crippen LogP contribution >= 0.6 is 11.6 Å². The minimum Gasteiger partial charge on any atom is -0.433 e. The van der Waals surface area contributed by atoms with Gasteiger partial charge in [0.05, 0.1) is 29.0 Å². The summed E-state index contributed by atoms with van der Waals surface area (Å²) in [4.78, 5) is 42.2. The number of benzene rings is 1. The van der Waals surface area contributed by atoms with Crippen molar-refractivity contribution in [3.8, 4) is 5.75 Å². The molecule has 0 saturated heterocycles. The fourth-order valence-corrected chi connectivity index (χ4v) is 3.39. The number of alkyl halides is 2. The number of nitrogens with one attached hydrogen (secondary N) is 1. The third-order valence-electron chi connectivity index (χ3n) is 4.73. The smallest absolute Gasteiger partial charge is 0.387 e. The molecule has 33 heavy (non-hydrogen) atoms. The van der Waals surface area contributed by atoms with Gasteiger partial charge in [0.1, 0.15) is 11.6 Å². The van der Waals surface area contributed by atoms with E-state index in [1.807, 2.05) is 0 Å². The first-order chi connectivity index (χ1) is 15.8. The second-order valence-electron chi connectivity index (χ2n) is 6.77. The van der Waals surface area contributed by atoms with E-state index in [1.165, 1.54) is 36.7 Å². The van der Waals surface area contributed by atoms with Gasteiger partial charge in [0, 0.05) is 18.0 Å². The van der Waals surface area contributed by atoms with Gasteiger partial charge in [0.2, 0.25) is 6.17 Å². The van der Waals surface area contributed by atoms with Gasteiger partial charge in [0.15, 0.2) is 5.69 Å². The number of carbonyl (C=O) groups excluding carboxylic acids is 2. The van der Waals surface area contributed by atoms with Gasteiger partial charge in [-0.25, -0.2) is 9.67 Å². The maximum absolute atomic E-state index is 13.3. The molecule has 4 rings (SSSR count). The Morgan fingerprint density at radius 2 is 2.09 bits per heavy atom. The number of hydrogen-bond donors (Lipinski definition) is 2. The third kappa shape index (κ3) is 4.30. The maximum Gasteiger partial charge on any atom is 0.387 e. The zero-order chi connectivity index (χ0) is 23.7. The highest BCUT2D eigenvalue weighted by molar-refractivity contribution is 6.32. The first-order valence-corrected chi connectivity index (χ1v) is 9.65. The van der Waals surface area contributed by atoms with Gasteiger partial charge < -0.3 is 20.7 Å². The van der Waals surface area contributed by atoms with Crippen molar-refractivity contribution in [1.29, 1.82) is 0 Å². The van der Waals surface area contributed by atoms with Crippen LogP contribution in [0, 0.1) is 4.91 Å². The number of pyridine rings is 1. The number of nitrogens with two attached hydrogens (primary N) is 1. The second-order valence-corrected chi connectivity index (χ2v) is 7.18. The van der Waals surface area contributed by atoms with Gasteiger partial charge in [-0.1, -0.05) is 11.6 Å². The predicted octanol–water partition coefficient (Wildman–Crippen LogP) is 3.29. The van der Waals surface area contributed by atoms with E-state index in [1.54, 1.807) is 0 Å². The van der Waals surface area contributed by atoms with Crippen molar-refractivity contribution in [2.45, 2.75) is 12.8 Å². The molecular formula is C19H14ClF2N7O4. The minimum atomic E-state index is -3.13. The van der Waals surface area contributed by atoms with Crippen LogP contribution in [0.25, 0.3) is 0 Å². The quantitative estimate of drug-likeness (QED) is 0.518. The van der Waals surface area contributed by atoms with Crippen LogP contribution in [0.3, 0.4) is 0 Å². The van der Waals surface area contributed by atoms with Gasteiger partial charge in [-0.05, 0) is 29.4 Å². The molecule has 0 saturated carbocycles. The first-order valence-electron chi connectivity index (χ1n) is 9.27. The molecule has 170 valence electrons. The van der Waals surface area contributed by atoms with Crippen molar-refractivity contribution in [2.24, 2.45) is 5.18 Å². The number of amides is 2. The molecule has 0 aliphatic carbocycles. The highest BCUT2D eigenvalue weighted by atomic mass is 35.5. The van der Waals surface area contributed by atoms with E-state index < -0.39 is 24.6 Å². The standard InChI is InChI=1S/C19H14ClF2N7O4/c20-11-3-2-10(5-13(11)33-19(21)22)28-8-15(27-32)29-16(18(28)31)12(7-25-29)26-17(30)9-1-4-14(23)24-6-9/h1-7,15,19H,8H2,(H2,23,24)(H,26,30)/t15-/m1/s1. The lowest BCUT2D eigenvalue weighted by atomic mass is 10.2. The molecule has 0 spiro atoms. The van der Waals surface area contributed by atoms with Crippen LogP contribution in [0.5, 0.6) is 5.75 Å². The average molecular weight is 478 g/mol. The lowest BCUT2D eigenvalue weighted by molar-refractivity contribution is -0.0497. The largest absolute Gasteiger partial charge is 0.433 e. The summed E-state index contributed by atoms with van der Waals surface area (Å²) < 4.78 is 30.8. The molecule has 1 aromatic carbocycles. The number of hydrogen-bond acceptors (Lipinski definition) is 8. The number of ether oxygens (including phenoxy) is 1. The predicted molar refractivity (Wildman–Crippen MR) is 113 cm³/mol. The Balaban J connectivity index is 1.68. The van der Waals surface area contributed by atoms with Crippen molar-refractivity contribution in [3.05, 3.63) is 63.9 Å². The molecule has 0 fully saturated rings. The van der Waals surface area contributed by atoms with E-state index in [-0.39, 0.29) is 45.8 Å². The van der Waals surface area contributed by atoms with Gasteiger partial charge >= 0.3 is 6.61 Å². The van der Waals surface area contributed by atoms with Crippen molar-refractivity contribution in [1.82, 2.24) is 14.8 Å². The normalized spacial score (nSPS) is 15.3. The summed E-state index contributed by atoms with van der Waals surface area (Å²) in [5.74, 6) is -1.39. The number of fused-ring (bicyclic) bond motifs is 1. The van der Waals surface area contributed by atoms with E-state index in [0.717, 1.165) is 15.6 Å². The van der Waals surface area contributed by atoms with E-state index in [0.29, 0.717) is 0 Å². The number of aromatic nitrogens is 3. The lowest BCUT2D eigenvalue weighted by Crippen LogP contribution is -2.43. The number of nitrogen functional groups attached to an aromatic ring is 1. The van der Waals surface area contributed by atoms with Crippen molar-refractivity contribution in [2.75, 3.05) is 22.5 Å². The highest BCUT2D eigenvalue weighted by Gasteiger charge is 2.37. The van der Waals surface area contributed by atoms with Crippen molar-refractivity contribution < 1.29 is 23.1 Å². The molecule has 14 heteroatoms. The summed E-state index contributed by atoms with van der Waals surface area (Å²) >= 11 is 5.88. The van der Waals surface area contributed by atoms with Gasteiger partial charge in [-0.15, -0.1) is 4.91 Å². The Bertz CT molecular complexity index is 1240. The monoisotopic (exact) mass is 477 g/mol. The van der Waals surface area contributed by atoms with E-state index in [4.69, 9.17) is 17.3 Å². The molecule has 3 heterocycles. The SMILES string of the molecule is Nc1ccc(C(=O)Nc2cnn3c2C(=O)N(c2ccc(Cl)c(OC(F)F)c2)C[C@@H]3N=O)cn1. The Labute approximate surface area is 189 Å². The van der Waals surface area contributed by atoms with Gasteiger partial charge in [-0.2, -0.15) is 13.9 Å². The number of halogens is 3. The van der Waals surface area contributed by atoms with E-state index >= 15 is 0 Å². The minimum absolute atomic E-state index is 0.0122. The van der Waals surface area contributed by atoms with E-state index in [9.17, 15) is 23.3 Å². The lowest BCUT2D eigenvalue weighted by Gasteiger charge is -2.31. The molecule has 0 radical (unpaired) electrons. The fraction of sp³-hybridized carbons (Fsp3) is 0.158. The second kappa shape index (κ2) is 8.78. The molecule has 3 aromatic rings. The van der Waals surface area contributed by atoms with Gasteiger partial charge in [-0.3, -0.25) is 9.59 Å². The molecule has 1 atom stereocenters. The summed E-state index contributed by atoms with van der Waals surface area (Å²) in [6.45, 7) is -3.37. The topological polar surface area (TPSA) is 145 Å². The number of carbonyl (C=O) groups is 2. The molecule has 0 unspecified atom stereocenters. The summed E-state index contributed by atoms with van der Waals surface area (Å²) in [7, 11) is 0. The molecular weight excluding hydrogens is 464 g/mol. The summed E-state index contributed by atoms with van der Waals surface area (Å²) in [5, 5.41) is 9.44. The first kappa shape index (κ1) is 22.1. The molecule has 3 N–H and O–H groups in total. The van der Waals surface area contributed by atoms with Crippen LogP contribution in [-0.4, -0.2) is 39.7 Å². The van der Waals surface area contributed by atoms with Gasteiger partial charge in [0.25, 0.3) is 11.8 Å². The highest BCUT2D eigenvalue weighted by Crippen LogP contribution is 2.35. The molecule has 2 aromatic heterocycles. The summed E-state index contributed by atoms with van der Waals surface area (Å²) in [6, 6.07) is 6.67. The third-order valence-corrected chi connectivity index (χ3v) is 5.04.